The smallest absolute Gasteiger partial charge is 0.0916 e. The van der Waals surface area contributed by atoms with E-state index in [9.17, 15) is 0 Å². The van der Waals surface area contributed by atoms with Crippen molar-refractivity contribution in [2.24, 2.45) is 0 Å². The van der Waals surface area contributed by atoms with E-state index in [0.717, 1.165) is 0 Å². The molecule has 0 aliphatic rings. The van der Waals surface area contributed by atoms with Crippen LogP contribution in [0.2, 0.25) is 8.87 Å². The fourth-order valence-corrected chi connectivity index (χ4v) is 4.89. The molecule has 19 heavy (non-hydrogen) atoms. The molecule has 0 spiro atoms. The summed E-state index contributed by atoms with van der Waals surface area (Å²) in [5.41, 5.74) is 0. The monoisotopic (exact) mass is 424 g/mol. The minimum Gasteiger partial charge on any atom is -0.748 e. The molecule has 0 N–H and O–H groups in total. The molecule has 0 aromatic carbocycles. The van der Waals surface area contributed by atoms with Gasteiger partial charge in [0.25, 0.3) is 0 Å². The van der Waals surface area contributed by atoms with Gasteiger partial charge < -0.3 is 9.11 Å². The van der Waals surface area contributed by atoms with Gasteiger partial charge >= 0.3 is 69.5 Å². The Balaban J connectivity index is -0.000000219. The van der Waals surface area contributed by atoms with Crippen molar-refractivity contribution in [1.82, 2.24) is 0 Å². The molecule has 0 saturated heterocycles. The topological polar surface area (TPSA) is 114 Å². The molecule has 0 aliphatic carbocycles. The van der Waals surface area contributed by atoms with Crippen LogP contribution >= 0.6 is 0 Å². The molecule has 116 valence electrons. The summed E-state index contributed by atoms with van der Waals surface area (Å²) in [7, 11) is -7.83. The summed E-state index contributed by atoms with van der Waals surface area (Å²) >= 11 is 0.149. The molecule has 6 nitrogen and oxygen atoms in total. The second kappa shape index (κ2) is 15.0. The number of hydrogen-bond acceptors (Lipinski definition) is 6. The molecule has 0 heterocycles. The summed E-state index contributed by atoms with van der Waals surface area (Å²) in [6.45, 7) is 4.58. The zero-order valence-corrected chi connectivity index (χ0v) is 16.5. The zero-order valence-electron chi connectivity index (χ0n) is 12.0. The molecule has 0 amide bonds. The van der Waals surface area contributed by atoms with E-state index in [4.69, 9.17) is 25.9 Å². The van der Waals surface area contributed by atoms with Crippen LogP contribution in [0, 0.1) is 0 Å². The van der Waals surface area contributed by atoms with Gasteiger partial charge in [-0.1, -0.05) is 0 Å². The number of unbranched alkanes of at least 4 members (excludes halogenated alkanes) is 2. The summed E-state index contributed by atoms with van der Waals surface area (Å²) in [5, 5.41) is 0. The van der Waals surface area contributed by atoms with Crippen LogP contribution in [0.4, 0.5) is 0 Å². The molecule has 0 rings (SSSR count). The molecule has 0 saturated carbocycles. The number of rotatable bonds is 6. The van der Waals surface area contributed by atoms with Crippen LogP contribution in [0.3, 0.4) is 0 Å². The first kappa shape index (κ1) is 24.6. The molecular formula is C10H24O6S2Sn. The minimum atomic E-state index is -3.92. The molecule has 9 heteroatoms. The second-order valence-corrected chi connectivity index (χ2v) is 11.0. The van der Waals surface area contributed by atoms with E-state index in [1.807, 2.05) is 0 Å². The maximum Gasteiger partial charge on any atom is 0.0916 e. The van der Waals surface area contributed by atoms with E-state index < -0.39 is 20.2 Å². The maximum absolute atomic E-state index is 9.08. The quantitative estimate of drug-likeness (QED) is 0.363. The predicted molar refractivity (Wildman–Crippen MR) is 76.4 cm³/mol. The maximum atomic E-state index is 9.08. The minimum absolute atomic E-state index is 0.149. The van der Waals surface area contributed by atoms with Crippen molar-refractivity contribution >= 4 is 41.4 Å². The van der Waals surface area contributed by atoms with Crippen LogP contribution in [-0.4, -0.2) is 59.6 Å². The Labute approximate surface area is 128 Å². The largest absolute Gasteiger partial charge is 0.748 e. The van der Waals surface area contributed by atoms with Gasteiger partial charge in [-0.25, -0.2) is 16.8 Å². The summed E-state index contributed by atoms with van der Waals surface area (Å²) in [6, 6.07) is 0. The summed E-state index contributed by atoms with van der Waals surface area (Å²) in [5.74, 6) is 0. The van der Waals surface area contributed by atoms with Crippen LogP contribution in [0.15, 0.2) is 0 Å². The van der Waals surface area contributed by atoms with Gasteiger partial charge in [-0.3, -0.25) is 0 Å². The Hall–Kier alpha value is 0.619. The Kier molecular flexibility index (Phi) is 19.5. The second-order valence-electron chi connectivity index (χ2n) is 3.87. The van der Waals surface area contributed by atoms with E-state index in [2.05, 4.69) is 13.8 Å². The van der Waals surface area contributed by atoms with Gasteiger partial charge in [0, 0.05) is 12.5 Å². The Morgan fingerprint density at radius 1 is 0.789 bits per heavy atom. The van der Waals surface area contributed by atoms with Crippen LogP contribution in [0.1, 0.15) is 39.5 Å². The summed E-state index contributed by atoms with van der Waals surface area (Å²) in [4.78, 5) is 0. The first-order valence-electron chi connectivity index (χ1n) is 5.94. The SMILES string of the molecule is CCC[CH2][Sn+2][CH2]CCC.CS(=O)(=O)[O-].CS(=O)(=O)[O-]. The van der Waals surface area contributed by atoms with Crippen molar-refractivity contribution < 1.29 is 25.9 Å². The molecule has 0 aromatic heterocycles. The Morgan fingerprint density at radius 3 is 1.16 bits per heavy atom. The van der Waals surface area contributed by atoms with Crippen molar-refractivity contribution in [3.05, 3.63) is 0 Å². The van der Waals surface area contributed by atoms with E-state index in [-0.39, 0.29) is 21.1 Å². The summed E-state index contributed by atoms with van der Waals surface area (Å²) < 4.78 is 57.7. The van der Waals surface area contributed by atoms with Gasteiger partial charge in [-0.05, 0) is 0 Å². The molecular weight excluding hydrogens is 399 g/mol. The molecule has 0 fully saturated rings. The third-order valence-corrected chi connectivity index (χ3v) is 5.45. The van der Waals surface area contributed by atoms with Crippen molar-refractivity contribution in [2.45, 2.75) is 48.4 Å². The van der Waals surface area contributed by atoms with Crippen molar-refractivity contribution in [2.75, 3.05) is 12.5 Å². The van der Waals surface area contributed by atoms with Crippen molar-refractivity contribution in [3.8, 4) is 0 Å². The van der Waals surface area contributed by atoms with Gasteiger partial charge in [-0.2, -0.15) is 0 Å². The van der Waals surface area contributed by atoms with Gasteiger partial charge in [0.1, 0.15) is 0 Å². The summed E-state index contributed by atoms with van der Waals surface area (Å²) in [6.07, 6.45) is 7.05. The van der Waals surface area contributed by atoms with Crippen LogP contribution in [0.25, 0.3) is 0 Å². The molecule has 0 unspecified atom stereocenters. The fourth-order valence-electron chi connectivity index (χ4n) is 0.729. The van der Waals surface area contributed by atoms with Crippen molar-refractivity contribution in [1.29, 1.82) is 0 Å². The van der Waals surface area contributed by atoms with Gasteiger partial charge in [0.15, 0.2) is 0 Å². The van der Waals surface area contributed by atoms with E-state index >= 15 is 0 Å². The molecule has 0 aromatic rings. The fraction of sp³-hybridized carbons (Fsp3) is 1.00. The average molecular weight is 423 g/mol. The first-order chi connectivity index (χ1) is 8.41. The normalized spacial score (nSPS) is 10.4. The van der Waals surface area contributed by atoms with E-state index in [0.29, 0.717) is 12.5 Å². The molecule has 0 radical (unpaired) electrons. The number of hydrogen-bond donors (Lipinski definition) is 0. The van der Waals surface area contributed by atoms with Crippen LogP contribution < -0.4 is 0 Å². The van der Waals surface area contributed by atoms with E-state index in [1.165, 1.54) is 25.7 Å². The van der Waals surface area contributed by atoms with Crippen LogP contribution in [-0.2, 0) is 20.2 Å². The molecule has 0 aliphatic heterocycles. The Morgan fingerprint density at radius 2 is 1.00 bits per heavy atom. The Bertz CT molecular complexity index is 311. The first-order valence-corrected chi connectivity index (χ1v) is 13.6. The van der Waals surface area contributed by atoms with Crippen molar-refractivity contribution in [3.63, 3.8) is 0 Å². The van der Waals surface area contributed by atoms with Gasteiger partial charge in [-0.15, -0.1) is 0 Å². The third-order valence-electron chi connectivity index (χ3n) is 1.41. The zero-order chi connectivity index (χ0) is 15.9. The third kappa shape index (κ3) is 117. The molecule has 0 bridgehead atoms. The average Bonchev–Trinajstić information content (AvgIpc) is 2.12. The predicted octanol–water partition coefficient (Wildman–Crippen LogP) is 1.45. The van der Waals surface area contributed by atoms with Crippen LogP contribution in [0.5, 0.6) is 0 Å². The van der Waals surface area contributed by atoms with Gasteiger partial charge in [0.2, 0.25) is 0 Å². The standard InChI is InChI=1S/2C4H9.2CH4O3S.Sn/c2*1-3-4-2;2*1-5(2,3)4;/h2*1,3-4H2,2H3;2*1H3,(H,2,3,4);/q;;;;+2/p-2. The van der Waals surface area contributed by atoms with Gasteiger partial charge in [0.05, 0.1) is 20.2 Å². The molecule has 0 atom stereocenters. The van der Waals surface area contributed by atoms with E-state index in [1.54, 1.807) is 8.87 Å².